The van der Waals surface area contributed by atoms with Crippen molar-refractivity contribution in [3.63, 3.8) is 0 Å². The third-order valence-electron chi connectivity index (χ3n) is 6.39. The number of methoxy groups -OCH3 is 1. The number of fused-ring (bicyclic) bond motifs is 1. The molecule has 2 aliphatic rings. The second-order valence-electron chi connectivity index (χ2n) is 9.18. The van der Waals surface area contributed by atoms with E-state index in [4.69, 9.17) is 14.2 Å². The topological polar surface area (TPSA) is 62.1 Å². The lowest BCUT2D eigenvalue weighted by Crippen LogP contribution is -2.38. The molecule has 2 aromatic heterocycles. The summed E-state index contributed by atoms with van der Waals surface area (Å²) >= 11 is 0. The maximum absolute atomic E-state index is 13.2. The summed E-state index contributed by atoms with van der Waals surface area (Å²) in [6.07, 6.45) is 5.04. The van der Waals surface area contributed by atoms with Gasteiger partial charge >= 0.3 is 6.61 Å². The maximum Gasteiger partial charge on any atom is 0.387 e. The minimum Gasteiger partial charge on any atom is -0.496 e. The average molecular weight is 492 g/mol. The summed E-state index contributed by atoms with van der Waals surface area (Å²) in [6.45, 7) is -2.92. The van der Waals surface area contributed by atoms with Gasteiger partial charge in [0.2, 0.25) is 5.92 Å². The quantitative estimate of drug-likeness (QED) is 0.256. The Morgan fingerprint density at radius 3 is 2.57 bits per heavy atom. The van der Waals surface area contributed by atoms with Gasteiger partial charge in [0.1, 0.15) is 28.5 Å². The summed E-state index contributed by atoms with van der Waals surface area (Å²) in [6, 6.07) is 6.33. The van der Waals surface area contributed by atoms with Gasteiger partial charge in [-0.2, -0.15) is 8.78 Å². The van der Waals surface area contributed by atoms with Crippen molar-refractivity contribution in [1.82, 2.24) is 9.38 Å². The Bertz CT molecular complexity index is 1250. The van der Waals surface area contributed by atoms with E-state index >= 15 is 0 Å². The molecular weight excluding hydrogens is 468 g/mol. The van der Waals surface area contributed by atoms with Gasteiger partial charge in [0.25, 0.3) is 0 Å². The fraction of sp³-hybridized carbons (Fsp3) is 0.440. The highest BCUT2D eigenvalue weighted by molar-refractivity contribution is 6.02. The van der Waals surface area contributed by atoms with E-state index < -0.39 is 12.5 Å². The van der Waals surface area contributed by atoms with E-state index in [9.17, 15) is 22.4 Å². The molecule has 0 unspecified atom stereocenters. The molecule has 3 aromatic rings. The molecule has 2 aliphatic carbocycles. The molecule has 0 spiro atoms. The average Bonchev–Trinajstić information content (AvgIpc) is 3.50. The molecule has 0 amide bonds. The number of hydrogen-bond acceptors (Lipinski definition) is 5. The number of Topliss-reactive ketones (excluding diaryl/α,β-unsaturated/α-hetero) is 1. The number of nitrogens with zero attached hydrogens (tertiary/aromatic N) is 2. The van der Waals surface area contributed by atoms with Crippen LogP contribution in [0.4, 0.5) is 17.6 Å². The number of ketones is 1. The van der Waals surface area contributed by atoms with Gasteiger partial charge in [-0.05, 0) is 37.0 Å². The Morgan fingerprint density at radius 2 is 1.91 bits per heavy atom. The summed E-state index contributed by atoms with van der Waals surface area (Å²) < 4.78 is 69.9. The first-order chi connectivity index (χ1) is 16.7. The minimum atomic E-state index is -3.11. The zero-order valence-electron chi connectivity index (χ0n) is 19.0. The highest BCUT2D eigenvalue weighted by Crippen LogP contribution is 2.43. The Labute approximate surface area is 198 Å². The maximum atomic E-state index is 13.2. The smallest absolute Gasteiger partial charge is 0.387 e. The monoisotopic (exact) mass is 492 g/mol. The van der Waals surface area contributed by atoms with Crippen LogP contribution < -0.4 is 14.2 Å². The van der Waals surface area contributed by atoms with Crippen LogP contribution in [0.15, 0.2) is 36.7 Å². The molecule has 2 fully saturated rings. The van der Waals surface area contributed by atoms with Crippen LogP contribution in [0.1, 0.15) is 42.5 Å². The van der Waals surface area contributed by atoms with Gasteiger partial charge in [-0.15, -0.1) is 0 Å². The molecule has 10 heteroatoms. The number of carbonyl (C=O) groups is 1. The molecule has 0 bridgehead atoms. The van der Waals surface area contributed by atoms with E-state index in [0.29, 0.717) is 22.7 Å². The molecule has 0 aliphatic heterocycles. The first kappa shape index (κ1) is 23.4. The van der Waals surface area contributed by atoms with Crippen LogP contribution in [0, 0.1) is 11.8 Å². The molecule has 35 heavy (non-hydrogen) atoms. The standard InChI is InChI=1S/C25H24F4N2O4/c1-33-20-7-16(8-21(35-24(26)27)23(20)19(32)6-14-2-3-14)18-12-30-22-9-17(4-5-31(18)22)34-13-15-10-25(28,29)11-15/h4-5,7-9,12,14-15,24H,2-3,6,10-11,13H2,1H3. The molecule has 0 atom stereocenters. The van der Waals surface area contributed by atoms with Crippen molar-refractivity contribution in [2.24, 2.45) is 11.8 Å². The van der Waals surface area contributed by atoms with Crippen LogP contribution in [-0.4, -0.2) is 41.4 Å². The van der Waals surface area contributed by atoms with Gasteiger partial charge < -0.3 is 14.2 Å². The van der Waals surface area contributed by atoms with E-state index in [1.165, 1.54) is 13.2 Å². The molecule has 2 heterocycles. The summed E-state index contributed by atoms with van der Waals surface area (Å²) in [5, 5.41) is 0. The Hall–Kier alpha value is -3.30. The van der Waals surface area contributed by atoms with E-state index in [-0.39, 0.29) is 60.6 Å². The van der Waals surface area contributed by atoms with Crippen molar-refractivity contribution in [3.8, 4) is 28.5 Å². The second kappa shape index (κ2) is 9.05. The number of carbonyl (C=O) groups excluding carboxylic acids is 1. The molecule has 6 nitrogen and oxygen atoms in total. The van der Waals surface area contributed by atoms with Crippen LogP contribution in [0.3, 0.4) is 0 Å². The van der Waals surface area contributed by atoms with Crippen molar-refractivity contribution in [2.75, 3.05) is 13.7 Å². The summed E-state index contributed by atoms with van der Waals surface area (Å²) in [5.41, 5.74) is 1.55. The van der Waals surface area contributed by atoms with Gasteiger partial charge in [0, 0.05) is 43.0 Å². The van der Waals surface area contributed by atoms with Crippen LogP contribution in [0.5, 0.6) is 17.2 Å². The number of halogens is 4. The molecule has 1 aromatic carbocycles. The summed E-state index contributed by atoms with van der Waals surface area (Å²) in [5.74, 6) is -2.41. The molecule has 0 saturated heterocycles. The third kappa shape index (κ3) is 5.06. The van der Waals surface area contributed by atoms with Crippen LogP contribution in [-0.2, 0) is 0 Å². The number of alkyl halides is 4. The lowest BCUT2D eigenvalue weighted by Gasteiger charge is -2.34. The summed E-state index contributed by atoms with van der Waals surface area (Å²) in [4.78, 5) is 17.2. The first-order valence-corrected chi connectivity index (χ1v) is 11.4. The number of hydrogen-bond donors (Lipinski definition) is 0. The van der Waals surface area contributed by atoms with Crippen LogP contribution in [0.25, 0.3) is 16.9 Å². The zero-order valence-corrected chi connectivity index (χ0v) is 19.0. The number of pyridine rings is 1. The minimum absolute atomic E-state index is 0.00882. The van der Waals surface area contributed by atoms with Crippen molar-refractivity contribution < 1.29 is 36.6 Å². The lowest BCUT2D eigenvalue weighted by molar-refractivity contribution is -0.119. The number of aromatic nitrogens is 2. The Kier molecular flexibility index (Phi) is 6.06. The van der Waals surface area contributed by atoms with Crippen LogP contribution >= 0.6 is 0 Å². The molecule has 186 valence electrons. The van der Waals surface area contributed by atoms with E-state index in [2.05, 4.69) is 4.98 Å². The SMILES string of the molecule is COc1cc(-c2cnc3cc(OCC4CC(F)(F)C4)ccn23)cc(OC(F)F)c1C(=O)CC1CC1. The van der Waals surface area contributed by atoms with E-state index in [0.717, 1.165) is 12.8 Å². The number of ether oxygens (including phenoxy) is 3. The normalized spacial score (nSPS) is 17.4. The van der Waals surface area contributed by atoms with Crippen molar-refractivity contribution in [3.05, 3.63) is 42.2 Å². The van der Waals surface area contributed by atoms with Gasteiger partial charge in [0.15, 0.2) is 5.78 Å². The number of rotatable bonds is 10. The van der Waals surface area contributed by atoms with Crippen molar-refractivity contribution in [2.45, 2.75) is 44.6 Å². The summed E-state index contributed by atoms with van der Waals surface area (Å²) in [7, 11) is 1.37. The molecule has 0 radical (unpaired) electrons. The van der Waals surface area contributed by atoms with Crippen molar-refractivity contribution in [1.29, 1.82) is 0 Å². The van der Waals surface area contributed by atoms with Gasteiger partial charge in [-0.3, -0.25) is 9.20 Å². The van der Waals surface area contributed by atoms with E-state index in [1.54, 1.807) is 35.0 Å². The Morgan fingerprint density at radius 1 is 1.17 bits per heavy atom. The largest absolute Gasteiger partial charge is 0.496 e. The molecule has 2 saturated carbocycles. The van der Waals surface area contributed by atoms with Crippen molar-refractivity contribution >= 4 is 11.4 Å². The number of benzene rings is 1. The molecule has 0 N–H and O–H groups in total. The third-order valence-corrected chi connectivity index (χ3v) is 6.39. The second-order valence-corrected chi connectivity index (χ2v) is 9.18. The fourth-order valence-electron chi connectivity index (χ4n) is 4.43. The fourth-order valence-corrected chi connectivity index (χ4v) is 4.43. The molecule has 5 rings (SSSR count). The van der Waals surface area contributed by atoms with E-state index in [1.807, 2.05) is 0 Å². The predicted molar refractivity (Wildman–Crippen MR) is 119 cm³/mol. The molecular formula is C25H24F4N2O4. The number of imidazole rings is 1. The predicted octanol–water partition coefficient (Wildman–Crippen LogP) is 6.02. The zero-order chi connectivity index (χ0) is 24.7. The van der Waals surface area contributed by atoms with Crippen LogP contribution in [0.2, 0.25) is 0 Å². The van der Waals surface area contributed by atoms with Gasteiger partial charge in [-0.1, -0.05) is 0 Å². The van der Waals surface area contributed by atoms with Gasteiger partial charge in [-0.25, -0.2) is 13.8 Å². The highest BCUT2D eigenvalue weighted by atomic mass is 19.3. The lowest BCUT2D eigenvalue weighted by atomic mass is 9.82. The highest BCUT2D eigenvalue weighted by Gasteiger charge is 2.45. The Balaban J connectivity index is 1.43. The first-order valence-electron chi connectivity index (χ1n) is 11.4. The van der Waals surface area contributed by atoms with Gasteiger partial charge in [0.05, 0.1) is 25.6 Å².